The molecule has 3 rings (SSSR count). The van der Waals surface area contributed by atoms with Crippen LogP contribution in [-0.2, 0) is 16.6 Å². The molecule has 2 amide bonds. The molecule has 0 aliphatic carbocycles. The SMILES string of the molecule is Cn1cccc1C=C1SC(=S)N(CCCC(=O)Nc2ccc(C(=O)O)c(O)c2)C1=O. The minimum Gasteiger partial charge on any atom is -0.507 e. The van der Waals surface area contributed by atoms with E-state index in [0.29, 0.717) is 27.9 Å². The molecule has 30 heavy (non-hydrogen) atoms. The molecule has 1 saturated heterocycles. The van der Waals surface area contributed by atoms with Gasteiger partial charge in [-0.15, -0.1) is 0 Å². The first-order chi connectivity index (χ1) is 14.3. The van der Waals surface area contributed by atoms with Crippen LogP contribution in [0.2, 0.25) is 0 Å². The van der Waals surface area contributed by atoms with E-state index in [1.807, 2.05) is 29.9 Å². The van der Waals surface area contributed by atoms with Crippen molar-refractivity contribution in [2.24, 2.45) is 7.05 Å². The van der Waals surface area contributed by atoms with E-state index in [4.69, 9.17) is 17.3 Å². The van der Waals surface area contributed by atoms with Crippen molar-refractivity contribution >= 4 is 57.8 Å². The average molecular weight is 446 g/mol. The fourth-order valence-electron chi connectivity index (χ4n) is 2.86. The van der Waals surface area contributed by atoms with Gasteiger partial charge >= 0.3 is 5.97 Å². The highest BCUT2D eigenvalue weighted by Crippen LogP contribution is 2.32. The number of thioether (sulfide) groups is 1. The van der Waals surface area contributed by atoms with Gasteiger partial charge in [0.05, 0.1) is 4.91 Å². The molecule has 1 aromatic carbocycles. The Kier molecular flexibility index (Phi) is 6.58. The van der Waals surface area contributed by atoms with Gasteiger partial charge in [0.1, 0.15) is 15.6 Å². The third-order valence-electron chi connectivity index (χ3n) is 4.43. The highest BCUT2D eigenvalue weighted by molar-refractivity contribution is 8.26. The van der Waals surface area contributed by atoms with Gasteiger partial charge in [0.2, 0.25) is 5.91 Å². The number of aryl methyl sites for hydroxylation is 1. The summed E-state index contributed by atoms with van der Waals surface area (Å²) in [5.74, 6) is -2.18. The Morgan fingerprint density at radius 1 is 1.30 bits per heavy atom. The summed E-state index contributed by atoms with van der Waals surface area (Å²) in [6.45, 7) is 0.311. The molecule has 0 spiro atoms. The number of hydrogen-bond acceptors (Lipinski definition) is 6. The van der Waals surface area contributed by atoms with Crippen molar-refractivity contribution in [3.05, 3.63) is 52.7 Å². The number of carbonyl (C=O) groups excluding carboxylic acids is 2. The first kappa shape index (κ1) is 21.6. The fraction of sp³-hybridized carbons (Fsp3) is 0.200. The normalized spacial score (nSPS) is 15.1. The van der Waals surface area contributed by atoms with E-state index in [-0.39, 0.29) is 23.8 Å². The van der Waals surface area contributed by atoms with E-state index in [1.165, 1.54) is 34.9 Å². The predicted molar refractivity (Wildman–Crippen MR) is 118 cm³/mol. The van der Waals surface area contributed by atoms with E-state index < -0.39 is 11.7 Å². The second kappa shape index (κ2) is 9.14. The van der Waals surface area contributed by atoms with Gasteiger partial charge in [-0.05, 0) is 36.8 Å². The lowest BCUT2D eigenvalue weighted by molar-refractivity contribution is -0.122. The van der Waals surface area contributed by atoms with Crippen LogP contribution in [0.1, 0.15) is 28.9 Å². The number of carboxylic acids is 1. The number of carboxylic acid groups (broad SMARTS) is 1. The summed E-state index contributed by atoms with van der Waals surface area (Å²) >= 11 is 6.53. The molecule has 0 saturated carbocycles. The van der Waals surface area contributed by atoms with Crippen molar-refractivity contribution in [2.75, 3.05) is 11.9 Å². The Bertz CT molecular complexity index is 1060. The Hall–Kier alpha value is -3.11. The number of nitrogens with zero attached hydrogens (tertiary/aromatic N) is 2. The molecule has 2 aromatic rings. The number of benzene rings is 1. The van der Waals surface area contributed by atoms with Crippen LogP contribution in [0.5, 0.6) is 5.75 Å². The smallest absolute Gasteiger partial charge is 0.339 e. The molecule has 1 aliphatic rings. The lowest BCUT2D eigenvalue weighted by Gasteiger charge is -2.14. The van der Waals surface area contributed by atoms with Crippen LogP contribution in [0.4, 0.5) is 5.69 Å². The van der Waals surface area contributed by atoms with Crippen LogP contribution in [0.3, 0.4) is 0 Å². The summed E-state index contributed by atoms with van der Waals surface area (Å²) in [7, 11) is 1.89. The van der Waals surface area contributed by atoms with Gasteiger partial charge in [-0.2, -0.15) is 0 Å². The zero-order valence-electron chi connectivity index (χ0n) is 16.0. The van der Waals surface area contributed by atoms with Gasteiger partial charge in [-0.3, -0.25) is 14.5 Å². The number of aromatic hydroxyl groups is 1. The van der Waals surface area contributed by atoms with E-state index in [1.54, 1.807) is 6.08 Å². The number of thiocarbonyl (C=S) groups is 1. The predicted octanol–water partition coefficient (Wildman–Crippen LogP) is 3.05. The third-order valence-corrected chi connectivity index (χ3v) is 5.81. The summed E-state index contributed by atoms with van der Waals surface area (Å²) in [5.41, 5.74) is 0.941. The Balaban J connectivity index is 1.53. The first-order valence-electron chi connectivity index (χ1n) is 8.99. The summed E-state index contributed by atoms with van der Waals surface area (Å²) in [6, 6.07) is 7.58. The lowest BCUT2D eigenvalue weighted by Crippen LogP contribution is -2.29. The van der Waals surface area contributed by atoms with Crippen LogP contribution in [-0.4, -0.2) is 48.3 Å². The monoisotopic (exact) mass is 445 g/mol. The maximum Gasteiger partial charge on any atom is 0.339 e. The van der Waals surface area contributed by atoms with Crippen molar-refractivity contribution in [3.8, 4) is 5.75 Å². The molecule has 3 N–H and O–H groups in total. The van der Waals surface area contributed by atoms with Gasteiger partial charge in [-0.25, -0.2) is 4.79 Å². The van der Waals surface area contributed by atoms with Crippen LogP contribution in [0.25, 0.3) is 6.08 Å². The molecule has 1 aliphatic heterocycles. The third kappa shape index (κ3) is 4.89. The molecule has 10 heteroatoms. The molecular formula is C20H19N3O5S2. The average Bonchev–Trinajstić information content (AvgIpc) is 3.19. The first-order valence-corrected chi connectivity index (χ1v) is 10.2. The number of carbonyl (C=O) groups is 3. The van der Waals surface area contributed by atoms with Gasteiger partial charge in [0.15, 0.2) is 0 Å². The van der Waals surface area contributed by atoms with Gasteiger partial charge in [0, 0.05) is 43.7 Å². The fourth-order valence-corrected chi connectivity index (χ4v) is 4.16. The standard InChI is InChI=1S/C20H19N3O5S2/c1-22-8-2-4-13(22)11-16-18(26)23(20(29)30-16)9-3-5-17(25)21-12-6-7-14(19(27)28)15(24)10-12/h2,4,6-8,10-11,24H,3,5,9H2,1H3,(H,21,25)(H,27,28). The number of hydrogen-bond donors (Lipinski definition) is 3. The molecule has 8 nitrogen and oxygen atoms in total. The number of nitrogens with one attached hydrogen (secondary N) is 1. The number of rotatable bonds is 7. The largest absolute Gasteiger partial charge is 0.507 e. The van der Waals surface area contributed by atoms with Crippen molar-refractivity contribution in [2.45, 2.75) is 12.8 Å². The summed E-state index contributed by atoms with van der Waals surface area (Å²) in [5, 5.41) is 21.2. The van der Waals surface area contributed by atoms with Crippen molar-refractivity contribution < 1.29 is 24.6 Å². The van der Waals surface area contributed by atoms with Crippen molar-refractivity contribution in [3.63, 3.8) is 0 Å². The van der Waals surface area contributed by atoms with E-state index in [2.05, 4.69) is 5.32 Å². The number of phenols is 1. The second-order valence-corrected chi connectivity index (χ2v) is 8.24. The van der Waals surface area contributed by atoms with Crippen LogP contribution < -0.4 is 5.32 Å². The topological polar surface area (TPSA) is 112 Å². The molecule has 0 radical (unpaired) electrons. The number of aromatic carboxylic acids is 1. The quantitative estimate of drug-likeness (QED) is 0.444. The molecule has 0 unspecified atom stereocenters. The molecule has 1 fully saturated rings. The highest BCUT2D eigenvalue weighted by atomic mass is 32.2. The van der Waals surface area contributed by atoms with Crippen molar-refractivity contribution in [1.29, 1.82) is 0 Å². The van der Waals surface area contributed by atoms with E-state index >= 15 is 0 Å². The van der Waals surface area contributed by atoms with Crippen LogP contribution in [0.15, 0.2) is 41.4 Å². The minimum atomic E-state index is -1.25. The zero-order chi connectivity index (χ0) is 21.8. The Morgan fingerprint density at radius 3 is 2.70 bits per heavy atom. The summed E-state index contributed by atoms with van der Waals surface area (Å²) < 4.78 is 2.35. The van der Waals surface area contributed by atoms with Gasteiger partial charge in [-0.1, -0.05) is 24.0 Å². The molecular weight excluding hydrogens is 426 g/mol. The Morgan fingerprint density at radius 2 is 2.07 bits per heavy atom. The van der Waals surface area contributed by atoms with E-state index in [9.17, 15) is 19.5 Å². The lowest BCUT2D eigenvalue weighted by atomic mass is 10.2. The molecule has 0 bridgehead atoms. The molecule has 0 atom stereocenters. The number of anilines is 1. The van der Waals surface area contributed by atoms with Crippen molar-refractivity contribution in [1.82, 2.24) is 9.47 Å². The van der Waals surface area contributed by atoms with Gasteiger partial charge in [0.25, 0.3) is 5.91 Å². The van der Waals surface area contributed by atoms with E-state index in [0.717, 1.165) is 5.69 Å². The maximum atomic E-state index is 12.6. The number of aromatic nitrogens is 1. The Labute approximate surface area is 182 Å². The van der Waals surface area contributed by atoms with Crippen LogP contribution >= 0.6 is 24.0 Å². The maximum absolute atomic E-state index is 12.6. The van der Waals surface area contributed by atoms with Gasteiger partial charge < -0.3 is 20.1 Å². The van der Waals surface area contributed by atoms with Crippen LogP contribution in [0, 0.1) is 0 Å². The summed E-state index contributed by atoms with van der Waals surface area (Å²) in [6.07, 6.45) is 4.21. The number of amides is 2. The zero-order valence-corrected chi connectivity index (χ0v) is 17.6. The molecule has 156 valence electrons. The molecule has 2 heterocycles. The molecule has 1 aromatic heterocycles. The summed E-state index contributed by atoms with van der Waals surface area (Å²) in [4.78, 5) is 37.7. The highest BCUT2D eigenvalue weighted by Gasteiger charge is 2.31. The minimum absolute atomic E-state index is 0.134. The second-order valence-electron chi connectivity index (χ2n) is 6.57.